The smallest absolute Gasteiger partial charge is 0.137 e. The van der Waals surface area contributed by atoms with E-state index in [9.17, 15) is 1.37 Å². The number of rotatable bonds is 7. The number of anilines is 4. The summed E-state index contributed by atoms with van der Waals surface area (Å²) in [6.45, 7) is 20.8. The van der Waals surface area contributed by atoms with Gasteiger partial charge in [0.05, 0.1) is 39.0 Å². The third kappa shape index (κ3) is 8.37. The van der Waals surface area contributed by atoms with E-state index in [1.165, 1.54) is 66.8 Å². The summed E-state index contributed by atoms with van der Waals surface area (Å²) in [5, 5.41) is 1.11. The molecule has 3 aliphatic rings. The van der Waals surface area contributed by atoms with E-state index in [-0.39, 0.29) is 40.4 Å². The van der Waals surface area contributed by atoms with E-state index in [1.54, 1.807) is 0 Å². The number of hydrogen-bond donors (Lipinski definition) is 0. The normalized spacial score (nSPS) is 14.8. The van der Waals surface area contributed by atoms with Crippen LogP contribution in [0.15, 0.2) is 237 Å². The maximum atomic E-state index is 9.18. The minimum atomic E-state index is -0.521. The molecule has 12 aromatic rings. The molecule has 10 aromatic carbocycles. The average Bonchev–Trinajstić information content (AvgIpc) is 1.55. The monoisotopic (exact) mass is 1110 g/mol. The van der Waals surface area contributed by atoms with Gasteiger partial charge < -0.3 is 14.5 Å². The number of ether oxygens (including phenoxy) is 1. The molecule has 416 valence electrons. The number of benzene rings is 10. The highest BCUT2D eigenvalue weighted by atomic mass is 16.5. The lowest BCUT2D eigenvalue weighted by molar-refractivity contribution is 0.483. The van der Waals surface area contributed by atoms with E-state index in [2.05, 4.69) is 236 Å². The number of para-hydroxylation sites is 4. The van der Waals surface area contributed by atoms with Gasteiger partial charge in [0, 0.05) is 45.9 Å². The highest BCUT2D eigenvalue weighted by Gasteiger charge is 2.50. The predicted molar refractivity (Wildman–Crippen MR) is 354 cm³/mol. The Morgan fingerprint density at radius 1 is 0.459 bits per heavy atom. The van der Waals surface area contributed by atoms with Crippen molar-refractivity contribution in [1.82, 2.24) is 9.55 Å². The summed E-state index contributed by atoms with van der Waals surface area (Å²) in [7, 11) is 0. The van der Waals surface area contributed by atoms with E-state index < -0.39 is 5.41 Å². The topological polar surface area (TPSA) is 33.5 Å². The Bertz CT molecular complexity index is 4830. The number of pyridine rings is 1. The predicted octanol–water partition coefficient (Wildman–Crippen LogP) is 20.7. The fourth-order valence-electron chi connectivity index (χ4n) is 13.9. The van der Waals surface area contributed by atoms with Crippen LogP contribution in [-0.4, -0.2) is 16.2 Å². The molecule has 0 saturated heterocycles. The second-order valence-electron chi connectivity index (χ2n) is 26.5. The lowest BCUT2D eigenvalue weighted by atomic mass is 9.61. The van der Waals surface area contributed by atoms with Gasteiger partial charge in [-0.1, -0.05) is 232 Å². The Morgan fingerprint density at radius 2 is 1.05 bits per heavy atom. The Kier molecular flexibility index (Phi) is 10.9. The van der Waals surface area contributed by atoms with Crippen molar-refractivity contribution in [3.63, 3.8) is 0 Å². The third-order valence-electron chi connectivity index (χ3n) is 18.2. The Morgan fingerprint density at radius 3 is 1.75 bits per heavy atom. The summed E-state index contributed by atoms with van der Waals surface area (Å²) in [6, 6.07) is 74.6. The van der Waals surface area contributed by atoms with Crippen molar-refractivity contribution in [2.75, 3.05) is 16.5 Å². The van der Waals surface area contributed by atoms with Crippen molar-refractivity contribution in [2.24, 2.45) is 0 Å². The van der Waals surface area contributed by atoms with Crippen LogP contribution in [-0.2, 0) is 28.1 Å². The van der Waals surface area contributed by atoms with E-state index in [0.29, 0.717) is 45.8 Å². The fraction of sp³-hybridized carbons (Fsp3) is 0.188. The van der Waals surface area contributed by atoms with Gasteiger partial charge in [0.15, 0.2) is 0 Å². The Balaban J connectivity index is 0.893. The summed E-state index contributed by atoms with van der Waals surface area (Å²) >= 11 is 0. The molecule has 3 heterocycles. The molecule has 0 fully saturated rings. The molecule has 1 aliphatic heterocycles. The highest BCUT2D eigenvalue weighted by Crippen LogP contribution is 2.62. The summed E-state index contributed by atoms with van der Waals surface area (Å²) in [5.41, 5.74) is 23.2. The van der Waals surface area contributed by atoms with Crippen LogP contribution in [0.4, 0.5) is 22.7 Å². The molecule has 0 atom stereocenters. The molecule has 5 heteroatoms. The van der Waals surface area contributed by atoms with E-state index >= 15 is 0 Å². The second kappa shape index (κ2) is 19.3. The first-order chi connectivity index (χ1) is 42.7. The van der Waals surface area contributed by atoms with Crippen LogP contribution >= 0.6 is 0 Å². The zero-order valence-corrected chi connectivity index (χ0v) is 49.8. The molecule has 5 nitrogen and oxygen atoms in total. The summed E-state index contributed by atoms with van der Waals surface area (Å²) in [4.78, 5) is 9.84. The molecule has 2 aliphatic carbocycles. The molecule has 2 aromatic heterocycles. The number of aromatic nitrogens is 2. The average molecular weight is 1110 g/mol. The fourth-order valence-corrected chi connectivity index (χ4v) is 13.9. The molecule has 0 unspecified atom stereocenters. The van der Waals surface area contributed by atoms with Gasteiger partial charge in [0.25, 0.3) is 0 Å². The molecule has 0 amide bonds. The van der Waals surface area contributed by atoms with Gasteiger partial charge in [-0.25, -0.2) is 4.98 Å². The number of fused-ring (bicyclic) bond motifs is 13. The van der Waals surface area contributed by atoms with Crippen LogP contribution < -0.4 is 14.5 Å². The second-order valence-corrected chi connectivity index (χ2v) is 26.5. The Hall–Kier alpha value is -9.45. The first-order valence-corrected chi connectivity index (χ1v) is 29.8. The van der Waals surface area contributed by atoms with Crippen molar-refractivity contribution < 1.29 is 10.2 Å². The molecular weight excluding hydrogens is 1030 g/mol. The largest absolute Gasteiger partial charge is 0.457 e. The summed E-state index contributed by atoms with van der Waals surface area (Å²) < 4.78 is 44.4. The van der Waals surface area contributed by atoms with Gasteiger partial charge in [-0.15, -0.1) is 0 Å². The summed E-state index contributed by atoms with van der Waals surface area (Å²) in [5.74, 6) is 1.73. The maximum absolute atomic E-state index is 9.18. The first-order valence-electron chi connectivity index (χ1n) is 31.8. The quantitative estimate of drug-likeness (QED) is 0.159. The lowest BCUT2D eigenvalue weighted by Gasteiger charge is -2.40. The lowest BCUT2D eigenvalue weighted by Crippen LogP contribution is -2.34. The SMILES string of the molecule is [2H]c1c([2H])c([2H])c2c(c1[2H])c1ccc(Oc3cccc(N4CN(c5c(-c6cc(C(C)(C)C)cc(C(C)(C)C)c6)cccc5-c5cccc6c5-c5ccccc5C65c6ccccc6Cc6ccccc65)c5ccccc54)c3)cc1n2-c1ccc(C(C)(C)C)cn1. The van der Waals surface area contributed by atoms with Gasteiger partial charge in [0.1, 0.15) is 24.0 Å². The van der Waals surface area contributed by atoms with Gasteiger partial charge in [-0.2, -0.15) is 0 Å². The van der Waals surface area contributed by atoms with Crippen LogP contribution in [0, 0.1) is 0 Å². The summed E-state index contributed by atoms with van der Waals surface area (Å²) in [6.07, 6.45) is 2.74. The Labute approximate surface area is 506 Å². The van der Waals surface area contributed by atoms with Crippen LogP contribution in [0.3, 0.4) is 0 Å². The zero-order chi connectivity index (χ0) is 61.6. The minimum absolute atomic E-state index is 0.0941. The van der Waals surface area contributed by atoms with Gasteiger partial charge in [0.2, 0.25) is 0 Å². The van der Waals surface area contributed by atoms with Crippen LogP contribution in [0.5, 0.6) is 11.5 Å². The number of hydrogen-bond acceptors (Lipinski definition) is 4. The maximum Gasteiger partial charge on any atom is 0.137 e. The minimum Gasteiger partial charge on any atom is -0.457 e. The molecular formula is C80H70N4O. The van der Waals surface area contributed by atoms with E-state index in [1.807, 2.05) is 53.2 Å². The van der Waals surface area contributed by atoms with Crippen molar-refractivity contribution in [1.29, 1.82) is 0 Å². The van der Waals surface area contributed by atoms with Crippen LogP contribution in [0.1, 0.15) is 118 Å². The van der Waals surface area contributed by atoms with Crippen molar-refractivity contribution in [3.8, 4) is 50.7 Å². The molecule has 0 radical (unpaired) electrons. The van der Waals surface area contributed by atoms with E-state index in [4.69, 9.17) is 13.8 Å². The van der Waals surface area contributed by atoms with Crippen molar-refractivity contribution in [3.05, 3.63) is 287 Å². The number of nitrogens with zero attached hydrogens (tertiary/aromatic N) is 4. The molecule has 0 bridgehead atoms. The molecule has 15 rings (SSSR count). The van der Waals surface area contributed by atoms with Gasteiger partial charge >= 0.3 is 0 Å². The first kappa shape index (κ1) is 48.0. The molecule has 0 saturated carbocycles. The molecule has 1 spiro atoms. The standard InChI is InChI=1S/C80H70N4O/c1-77(2,3)54-39-42-74(81-49-54)84-70-36-17-13-27-61(70)62-41-40-59(48-73(62)84)85-58-26-20-25-57(47-58)82-50-83(72-38-19-18-37-71(72)82)76-60(53-44-55(78(4,5)6)46-56(45-53)79(7,8)9)29-21-31-64(76)63-30-22-35-69-75(63)65-28-12-16-34-68(65)80(69)66-32-14-10-23-51(66)43-52-24-11-15-33-67(52)80/h10-42,44-49H,43,50H2,1-9H3/i13D,17D,27D,36D. The zero-order valence-electron chi connectivity index (χ0n) is 53.8. The van der Waals surface area contributed by atoms with Gasteiger partial charge in [-0.3, -0.25) is 4.57 Å². The van der Waals surface area contributed by atoms with Crippen molar-refractivity contribution >= 4 is 44.6 Å². The van der Waals surface area contributed by atoms with Crippen molar-refractivity contribution in [2.45, 2.75) is 90.4 Å². The van der Waals surface area contributed by atoms with Gasteiger partial charge in [-0.05, 0) is 143 Å². The van der Waals surface area contributed by atoms with Crippen LogP contribution in [0.2, 0.25) is 0 Å². The molecule has 85 heavy (non-hydrogen) atoms. The third-order valence-corrected chi connectivity index (χ3v) is 18.2. The van der Waals surface area contributed by atoms with Crippen LogP contribution in [0.25, 0.3) is 61.0 Å². The van der Waals surface area contributed by atoms with E-state index in [0.717, 1.165) is 45.9 Å². The molecule has 0 N–H and O–H groups in total. The highest BCUT2D eigenvalue weighted by molar-refractivity contribution is 6.10.